The van der Waals surface area contributed by atoms with E-state index in [1.165, 1.54) is 18.4 Å². The van der Waals surface area contributed by atoms with Crippen LogP contribution in [0.2, 0.25) is 0 Å². The van der Waals surface area contributed by atoms with Gasteiger partial charge in [0.05, 0.1) is 19.2 Å². The molecular formula is C11H18N2O2S. The summed E-state index contributed by atoms with van der Waals surface area (Å²) in [6.45, 7) is 6.42. The lowest BCUT2D eigenvalue weighted by Gasteiger charge is -2.16. The minimum Gasteiger partial charge on any atom is -0.469 e. The Morgan fingerprint density at radius 2 is 2.25 bits per heavy atom. The zero-order valence-corrected chi connectivity index (χ0v) is 10.9. The summed E-state index contributed by atoms with van der Waals surface area (Å²) in [5.74, 6) is 0.293. The number of rotatable bonds is 5. The molecule has 0 aliphatic heterocycles. The summed E-state index contributed by atoms with van der Waals surface area (Å²) in [6.07, 6.45) is 0.241. The fourth-order valence-corrected chi connectivity index (χ4v) is 1.84. The Hall–Kier alpha value is -1.10. The Bertz CT molecular complexity index is 350. The van der Waals surface area contributed by atoms with Crippen LogP contribution in [-0.4, -0.2) is 24.1 Å². The van der Waals surface area contributed by atoms with E-state index in [1.54, 1.807) is 0 Å². The number of nitrogens with zero attached hydrogens (tertiary/aromatic N) is 1. The molecule has 0 radical (unpaired) electrons. The lowest BCUT2D eigenvalue weighted by molar-refractivity contribution is -0.139. The van der Waals surface area contributed by atoms with Crippen molar-refractivity contribution in [3.8, 4) is 0 Å². The molecule has 0 saturated heterocycles. The van der Waals surface area contributed by atoms with Crippen LogP contribution in [0.4, 0.5) is 5.13 Å². The highest BCUT2D eigenvalue weighted by atomic mass is 32.1. The van der Waals surface area contributed by atoms with Crippen LogP contribution in [0.15, 0.2) is 5.38 Å². The molecule has 0 spiro atoms. The summed E-state index contributed by atoms with van der Waals surface area (Å²) in [7, 11) is 1.38. The molecule has 0 aromatic carbocycles. The van der Waals surface area contributed by atoms with Crippen LogP contribution >= 0.6 is 11.3 Å². The largest absolute Gasteiger partial charge is 0.469 e. The van der Waals surface area contributed by atoms with Crippen molar-refractivity contribution in [3.05, 3.63) is 11.1 Å². The maximum absolute atomic E-state index is 11.0. The number of carbonyl (C=O) groups is 1. The van der Waals surface area contributed by atoms with E-state index >= 15 is 0 Å². The molecule has 1 N–H and O–H groups in total. The van der Waals surface area contributed by atoms with Gasteiger partial charge in [0.15, 0.2) is 5.13 Å². The second kappa shape index (κ2) is 5.84. The Balaban J connectivity index is 2.54. The molecule has 0 amide bonds. The van der Waals surface area contributed by atoms with Crippen molar-refractivity contribution in [1.29, 1.82) is 0 Å². The lowest BCUT2D eigenvalue weighted by Crippen LogP contribution is -2.21. The smallest absolute Gasteiger partial charge is 0.311 e. The van der Waals surface area contributed by atoms with E-state index in [2.05, 4.69) is 35.8 Å². The first-order valence-electron chi connectivity index (χ1n) is 5.30. The topological polar surface area (TPSA) is 51.2 Å². The number of nitrogens with one attached hydrogen (secondary N) is 1. The quantitative estimate of drug-likeness (QED) is 0.805. The van der Waals surface area contributed by atoms with Crippen molar-refractivity contribution in [1.82, 2.24) is 4.98 Å². The molecule has 90 valence electrons. The highest BCUT2D eigenvalue weighted by Gasteiger charge is 2.11. The number of anilines is 1. The van der Waals surface area contributed by atoms with E-state index in [9.17, 15) is 4.79 Å². The van der Waals surface area contributed by atoms with Crippen LogP contribution in [0.3, 0.4) is 0 Å². The molecule has 1 heterocycles. The van der Waals surface area contributed by atoms with Gasteiger partial charge in [-0.1, -0.05) is 13.8 Å². The van der Waals surface area contributed by atoms with Crippen LogP contribution in [0, 0.1) is 5.92 Å². The normalized spacial score (nSPS) is 12.6. The number of hydrogen-bond acceptors (Lipinski definition) is 5. The van der Waals surface area contributed by atoms with E-state index in [1.807, 2.05) is 5.38 Å². The first-order valence-corrected chi connectivity index (χ1v) is 6.18. The number of carbonyl (C=O) groups excluding carboxylic acids is 1. The highest BCUT2D eigenvalue weighted by molar-refractivity contribution is 7.13. The standard InChI is InChI=1S/C11H18N2O2S/c1-7(2)8(3)12-11-13-9(6-16-11)5-10(14)15-4/h6-8H,5H2,1-4H3,(H,12,13). The van der Waals surface area contributed by atoms with E-state index < -0.39 is 0 Å². The minimum absolute atomic E-state index is 0.241. The molecule has 4 nitrogen and oxygen atoms in total. The predicted molar refractivity (Wildman–Crippen MR) is 65.8 cm³/mol. The van der Waals surface area contributed by atoms with Crippen molar-refractivity contribution < 1.29 is 9.53 Å². The molecule has 1 aromatic heterocycles. The van der Waals surface area contributed by atoms with Crippen molar-refractivity contribution in [2.45, 2.75) is 33.2 Å². The third-order valence-corrected chi connectivity index (χ3v) is 3.28. The van der Waals surface area contributed by atoms with Gasteiger partial charge >= 0.3 is 5.97 Å². The minimum atomic E-state index is -0.256. The molecule has 0 fully saturated rings. The third kappa shape index (κ3) is 3.81. The number of aromatic nitrogens is 1. The molecule has 1 aromatic rings. The molecule has 0 bridgehead atoms. The second-order valence-corrected chi connectivity index (χ2v) is 4.93. The van der Waals surface area contributed by atoms with Gasteiger partial charge in [-0.25, -0.2) is 4.98 Å². The number of esters is 1. The number of methoxy groups -OCH3 is 1. The van der Waals surface area contributed by atoms with E-state index in [0.717, 1.165) is 10.8 Å². The van der Waals surface area contributed by atoms with Gasteiger partial charge in [-0.3, -0.25) is 4.79 Å². The zero-order valence-electron chi connectivity index (χ0n) is 10.1. The van der Waals surface area contributed by atoms with Gasteiger partial charge in [-0.15, -0.1) is 11.3 Å². The lowest BCUT2D eigenvalue weighted by atomic mass is 10.1. The SMILES string of the molecule is COC(=O)Cc1csc(NC(C)C(C)C)n1. The predicted octanol–water partition coefficient (Wildman–Crippen LogP) is 2.32. The summed E-state index contributed by atoms with van der Waals surface area (Å²) in [6, 6.07) is 0.372. The molecule has 0 aliphatic carbocycles. The Labute approximate surface area is 100 Å². The zero-order chi connectivity index (χ0) is 12.1. The van der Waals surface area contributed by atoms with Gasteiger partial charge in [-0.05, 0) is 12.8 Å². The van der Waals surface area contributed by atoms with Crippen LogP contribution < -0.4 is 5.32 Å². The number of ether oxygens (including phenoxy) is 1. The molecule has 0 aliphatic rings. The Morgan fingerprint density at radius 3 is 2.81 bits per heavy atom. The number of thiazole rings is 1. The van der Waals surface area contributed by atoms with E-state index in [-0.39, 0.29) is 12.4 Å². The molecular weight excluding hydrogens is 224 g/mol. The monoisotopic (exact) mass is 242 g/mol. The van der Waals surface area contributed by atoms with Gasteiger partial charge in [0.25, 0.3) is 0 Å². The van der Waals surface area contributed by atoms with Crippen LogP contribution in [0.5, 0.6) is 0 Å². The van der Waals surface area contributed by atoms with Crippen molar-refractivity contribution in [2.75, 3.05) is 12.4 Å². The van der Waals surface area contributed by atoms with E-state index in [0.29, 0.717) is 12.0 Å². The Morgan fingerprint density at radius 1 is 1.56 bits per heavy atom. The van der Waals surface area contributed by atoms with Crippen molar-refractivity contribution >= 4 is 22.4 Å². The average Bonchev–Trinajstić information content (AvgIpc) is 2.65. The van der Waals surface area contributed by atoms with Crippen LogP contribution in [0.25, 0.3) is 0 Å². The molecule has 1 unspecified atom stereocenters. The average molecular weight is 242 g/mol. The molecule has 16 heavy (non-hydrogen) atoms. The summed E-state index contributed by atoms with van der Waals surface area (Å²) in [5, 5.41) is 6.05. The van der Waals surface area contributed by atoms with Gasteiger partial charge in [0.2, 0.25) is 0 Å². The van der Waals surface area contributed by atoms with Gasteiger partial charge < -0.3 is 10.1 Å². The molecule has 1 atom stereocenters. The highest BCUT2D eigenvalue weighted by Crippen LogP contribution is 2.18. The van der Waals surface area contributed by atoms with Crippen molar-refractivity contribution in [2.24, 2.45) is 5.92 Å². The summed E-state index contributed by atoms with van der Waals surface area (Å²) >= 11 is 1.52. The second-order valence-electron chi connectivity index (χ2n) is 4.07. The fraction of sp³-hybridized carbons (Fsp3) is 0.636. The van der Waals surface area contributed by atoms with Gasteiger partial charge in [0.1, 0.15) is 0 Å². The van der Waals surface area contributed by atoms with Crippen LogP contribution in [0.1, 0.15) is 26.5 Å². The first-order chi connectivity index (χ1) is 7.52. The Kier molecular flexibility index (Phi) is 4.73. The van der Waals surface area contributed by atoms with E-state index in [4.69, 9.17) is 0 Å². The summed E-state index contributed by atoms with van der Waals surface area (Å²) in [5.41, 5.74) is 0.760. The summed E-state index contributed by atoms with van der Waals surface area (Å²) in [4.78, 5) is 15.4. The first kappa shape index (κ1) is 13.0. The maximum atomic E-state index is 11.0. The molecule has 1 rings (SSSR count). The molecule has 0 saturated carbocycles. The number of hydrogen-bond donors (Lipinski definition) is 1. The fourth-order valence-electron chi connectivity index (χ4n) is 1.04. The maximum Gasteiger partial charge on any atom is 0.311 e. The van der Waals surface area contributed by atoms with Crippen molar-refractivity contribution in [3.63, 3.8) is 0 Å². The third-order valence-electron chi connectivity index (χ3n) is 2.46. The molecule has 5 heteroatoms. The van der Waals surface area contributed by atoms with Gasteiger partial charge in [0, 0.05) is 11.4 Å². The van der Waals surface area contributed by atoms with Crippen LogP contribution in [-0.2, 0) is 16.0 Å². The van der Waals surface area contributed by atoms with Gasteiger partial charge in [-0.2, -0.15) is 0 Å². The summed E-state index contributed by atoms with van der Waals surface area (Å²) < 4.78 is 4.59.